The molecule has 188 valence electrons. The van der Waals surface area contributed by atoms with Gasteiger partial charge in [-0.3, -0.25) is 9.69 Å². The van der Waals surface area contributed by atoms with Crippen molar-refractivity contribution in [3.8, 4) is 5.69 Å². The van der Waals surface area contributed by atoms with E-state index in [0.717, 1.165) is 5.69 Å². The highest BCUT2D eigenvalue weighted by Crippen LogP contribution is 2.29. The number of cyclic esters (lactones) is 1. The van der Waals surface area contributed by atoms with Crippen LogP contribution in [0.5, 0.6) is 0 Å². The fourth-order valence-electron chi connectivity index (χ4n) is 4.62. The number of halogens is 2. The third kappa shape index (κ3) is 4.84. The molecule has 2 aromatic carbocycles. The molecule has 0 unspecified atom stereocenters. The maximum atomic E-state index is 15.1. The van der Waals surface area contributed by atoms with Crippen LogP contribution in [0.15, 0.2) is 60.9 Å². The Bertz CT molecular complexity index is 1260. The molecule has 1 atom stereocenters. The number of anilines is 3. The average molecular weight is 496 g/mol. The number of nitrogens with one attached hydrogen (secondary N) is 1. The Morgan fingerprint density at radius 2 is 1.56 bits per heavy atom. The molecule has 2 fully saturated rings. The molecule has 2 amide bonds. The Morgan fingerprint density at radius 3 is 2.22 bits per heavy atom. The lowest BCUT2D eigenvalue weighted by Gasteiger charge is -2.37. The van der Waals surface area contributed by atoms with E-state index in [1.54, 1.807) is 35.2 Å². The van der Waals surface area contributed by atoms with Gasteiger partial charge in [0, 0.05) is 51.2 Å². The van der Waals surface area contributed by atoms with Gasteiger partial charge in [0.2, 0.25) is 5.91 Å². The largest absolute Gasteiger partial charge is 0.442 e. The quantitative estimate of drug-likeness (QED) is 0.567. The lowest BCUT2D eigenvalue weighted by Crippen LogP contribution is -2.46. The summed E-state index contributed by atoms with van der Waals surface area (Å²) >= 11 is 0. The van der Waals surface area contributed by atoms with Gasteiger partial charge in [-0.25, -0.2) is 13.6 Å². The first-order valence-electron chi connectivity index (χ1n) is 11.8. The molecular weight excluding hydrogens is 468 g/mol. The van der Waals surface area contributed by atoms with E-state index in [-0.39, 0.29) is 24.8 Å². The zero-order valence-corrected chi connectivity index (χ0v) is 19.9. The molecule has 8 nitrogen and oxygen atoms in total. The molecule has 10 heteroatoms. The Balaban J connectivity index is 1.21. The Kier molecular flexibility index (Phi) is 6.49. The van der Waals surface area contributed by atoms with Crippen LogP contribution in [0.25, 0.3) is 5.69 Å². The van der Waals surface area contributed by atoms with E-state index in [1.165, 1.54) is 24.0 Å². The zero-order chi connectivity index (χ0) is 25.2. The molecule has 5 rings (SSSR count). The molecule has 2 aliphatic rings. The summed E-state index contributed by atoms with van der Waals surface area (Å²) in [4.78, 5) is 28.7. The Morgan fingerprint density at radius 1 is 0.944 bits per heavy atom. The number of benzene rings is 2. The first-order valence-corrected chi connectivity index (χ1v) is 11.8. The predicted molar refractivity (Wildman–Crippen MR) is 133 cm³/mol. The summed E-state index contributed by atoms with van der Waals surface area (Å²) in [7, 11) is 0. The number of hydrogen-bond donors (Lipinski definition) is 1. The monoisotopic (exact) mass is 495 g/mol. The molecule has 0 spiro atoms. The average Bonchev–Trinajstić information content (AvgIpc) is 3.53. The summed E-state index contributed by atoms with van der Waals surface area (Å²) in [6.45, 7) is 4.21. The number of piperazine rings is 1. The van der Waals surface area contributed by atoms with Crippen LogP contribution in [0.3, 0.4) is 0 Å². The highest BCUT2D eigenvalue weighted by molar-refractivity contribution is 5.90. The minimum Gasteiger partial charge on any atom is -0.442 e. The number of rotatable bonds is 6. The van der Waals surface area contributed by atoms with E-state index in [1.807, 2.05) is 23.1 Å². The third-order valence-electron chi connectivity index (χ3n) is 6.50. The molecule has 1 N–H and O–H groups in total. The van der Waals surface area contributed by atoms with Gasteiger partial charge in [-0.1, -0.05) is 0 Å². The van der Waals surface area contributed by atoms with Crippen LogP contribution in [0.1, 0.15) is 6.92 Å². The second-order valence-electron chi connectivity index (χ2n) is 8.89. The van der Waals surface area contributed by atoms with Gasteiger partial charge in [0.1, 0.15) is 17.7 Å². The van der Waals surface area contributed by atoms with E-state index in [9.17, 15) is 14.0 Å². The lowest BCUT2D eigenvalue weighted by atomic mass is 10.2. The minimum absolute atomic E-state index is 0.209. The molecule has 0 saturated carbocycles. The number of hydrogen-bond acceptors (Lipinski definition) is 5. The van der Waals surface area contributed by atoms with Crippen LogP contribution in [0.4, 0.5) is 30.6 Å². The minimum atomic E-state index is -0.568. The second kappa shape index (κ2) is 9.88. The van der Waals surface area contributed by atoms with Gasteiger partial charge >= 0.3 is 6.09 Å². The van der Waals surface area contributed by atoms with Crippen molar-refractivity contribution in [2.45, 2.75) is 13.0 Å². The number of ether oxygens (including phenoxy) is 1. The first-order chi connectivity index (χ1) is 17.4. The van der Waals surface area contributed by atoms with E-state index in [0.29, 0.717) is 43.2 Å². The van der Waals surface area contributed by atoms with E-state index < -0.39 is 18.0 Å². The van der Waals surface area contributed by atoms with Crippen molar-refractivity contribution in [2.24, 2.45) is 0 Å². The van der Waals surface area contributed by atoms with Gasteiger partial charge in [-0.2, -0.15) is 0 Å². The standard InChI is InChI=1S/C26H27F2N5O3/c1-18(34)29-16-21-17-33(26(35)36-21)20-5-7-25(23(28)15-20)32-12-10-30(11-13-32)19-4-6-24(22(27)14-19)31-8-2-3-9-31/h2-9,14-15,21H,10-13,16-17H2,1H3,(H,29,34)/t21-/m0/s1. The molecular formula is C26H27F2N5O3. The SMILES string of the molecule is CC(=O)NC[C@H]1CN(c2ccc(N3CCN(c4ccc(-n5cccc5)c(F)c4)CC3)c(F)c2)C(=O)O1. The Labute approximate surface area is 207 Å². The zero-order valence-electron chi connectivity index (χ0n) is 19.9. The normalized spacial score (nSPS) is 17.9. The number of nitrogens with zero attached hydrogens (tertiary/aromatic N) is 4. The van der Waals surface area contributed by atoms with Gasteiger partial charge in [-0.05, 0) is 48.5 Å². The summed E-state index contributed by atoms with van der Waals surface area (Å²) in [5.41, 5.74) is 2.14. The maximum Gasteiger partial charge on any atom is 0.414 e. The molecule has 2 aliphatic heterocycles. The molecule has 0 bridgehead atoms. The van der Waals surface area contributed by atoms with Crippen molar-refractivity contribution in [3.63, 3.8) is 0 Å². The van der Waals surface area contributed by atoms with E-state index in [4.69, 9.17) is 4.74 Å². The lowest BCUT2D eigenvalue weighted by molar-refractivity contribution is -0.119. The van der Waals surface area contributed by atoms with Crippen molar-refractivity contribution < 1.29 is 23.1 Å². The summed E-state index contributed by atoms with van der Waals surface area (Å²) < 4.78 is 36.8. The van der Waals surface area contributed by atoms with Crippen molar-refractivity contribution in [1.29, 1.82) is 0 Å². The third-order valence-corrected chi connectivity index (χ3v) is 6.50. The topological polar surface area (TPSA) is 70.1 Å². The fourth-order valence-corrected chi connectivity index (χ4v) is 4.62. The van der Waals surface area contributed by atoms with Crippen LogP contribution >= 0.6 is 0 Å². The Hall–Kier alpha value is -4.08. The highest BCUT2D eigenvalue weighted by Gasteiger charge is 2.33. The van der Waals surface area contributed by atoms with Crippen molar-refractivity contribution in [2.75, 3.05) is 54.0 Å². The van der Waals surface area contributed by atoms with Gasteiger partial charge < -0.3 is 24.4 Å². The number of carbonyl (C=O) groups excluding carboxylic acids is 2. The highest BCUT2D eigenvalue weighted by atomic mass is 19.1. The molecule has 3 heterocycles. The second-order valence-corrected chi connectivity index (χ2v) is 8.89. The van der Waals surface area contributed by atoms with Gasteiger partial charge in [0.15, 0.2) is 0 Å². The van der Waals surface area contributed by atoms with Crippen LogP contribution in [0.2, 0.25) is 0 Å². The molecule has 1 aromatic heterocycles. The summed E-state index contributed by atoms with van der Waals surface area (Å²) in [5.74, 6) is -0.937. The number of carbonyl (C=O) groups is 2. The first kappa shape index (κ1) is 23.7. The van der Waals surface area contributed by atoms with E-state index in [2.05, 4.69) is 10.2 Å². The molecule has 36 heavy (non-hydrogen) atoms. The van der Waals surface area contributed by atoms with Gasteiger partial charge in [-0.15, -0.1) is 0 Å². The maximum absolute atomic E-state index is 15.1. The number of aromatic nitrogens is 1. The number of amides is 2. The molecule has 0 radical (unpaired) electrons. The van der Waals surface area contributed by atoms with Crippen molar-refractivity contribution in [3.05, 3.63) is 72.6 Å². The van der Waals surface area contributed by atoms with Crippen LogP contribution < -0.4 is 20.0 Å². The summed E-state index contributed by atoms with van der Waals surface area (Å²) in [6.07, 6.45) is 2.54. The smallest absolute Gasteiger partial charge is 0.414 e. The van der Waals surface area contributed by atoms with Crippen LogP contribution in [-0.2, 0) is 9.53 Å². The van der Waals surface area contributed by atoms with Crippen molar-refractivity contribution in [1.82, 2.24) is 9.88 Å². The van der Waals surface area contributed by atoms with Crippen LogP contribution in [0, 0.1) is 11.6 Å². The van der Waals surface area contributed by atoms with Gasteiger partial charge in [0.25, 0.3) is 0 Å². The van der Waals surface area contributed by atoms with Gasteiger partial charge in [0.05, 0.1) is 30.2 Å². The molecule has 0 aliphatic carbocycles. The van der Waals surface area contributed by atoms with E-state index >= 15 is 4.39 Å². The van der Waals surface area contributed by atoms with Crippen LogP contribution in [-0.4, -0.2) is 61.9 Å². The fraction of sp³-hybridized carbons (Fsp3) is 0.308. The van der Waals surface area contributed by atoms with Crippen molar-refractivity contribution >= 4 is 29.1 Å². The summed E-state index contributed by atoms with van der Waals surface area (Å²) in [6, 6.07) is 13.6. The molecule has 3 aromatic rings. The predicted octanol–water partition coefficient (Wildman–Crippen LogP) is 3.54. The summed E-state index contributed by atoms with van der Waals surface area (Å²) in [5, 5.41) is 2.62. The molecule has 2 saturated heterocycles.